The van der Waals surface area contributed by atoms with Crippen LogP contribution >= 0.6 is 15.9 Å². The van der Waals surface area contributed by atoms with Gasteiger partial charge in [-0.3, -0.25) is 0 Å². The van der Waals surface area contributed by atoms with Crippen molar-refractivity contribution in [2.45, 2.75) is 45.3 Å². The van der Waals surface area contributed by atoms with E-state index in [1.54, 1.807) is 31.7 Å². The Labute approximate surface area is 155 Å². The van der Waals surface area contributed by atoms with Crippen LogP contribution < -0.4 is 10.6 Å². The first-order valence-corrected chi connectivity index (χ1v) is 8.94. The molecule has 1 aromatic rings. The summed E-state index contributed by atoms with van der Waals surface area (Å²) in [6.07, 6.45) is 1.01. The fourth-order valence-electron chi connectivity index (χ4n) is 2.54. The lowest BCUT2D eigenvalue weighted by Gasteiger charge is -2.33. The molecule has 1 aliphatic rings. The molecule has 1 aromatic carbocycles. The van der Waals surface area contributed by atoms with Crippen molar-refractivity contribution in [3.63, 3.8) is 0 Å². The summed E-state index contributed by atoms with van der Waals surface area (Å²) >= 11 is 3.18. The molecule has 6 nitrogen and oxygen atoms in total. The van der Waals surface area contributed by atoms with Crippen molar-refractivity contribution in [1.82, 2.24) is 10.2 Å². The van der Waals surface area contributed by atoms with Gasteiger partial charge < -0.3 is 20.3 Å². The molecule has 138 valence electrons. The summed E-state index contributed by atoms with van der Waals surface area (Å²) in [4.78, 5) is 25.8. The number of anilines is 1. The van der Waals surface area contributed by atoms with Gasteiger partial charge in [-0.2, -0.15) is 0 Å². The number of hydrogen-bond acceptors (Lipinski definition) is 3. The zero-order valence-corrected chi connectivity index (χ0v) is 16.2. The Kier molecular flexibility index (Phi) is 6.26. The average molecular weight is 416 g/mol. The third-order valence-electron chi connectivity index (χ3n) is 3.60. The van der Waals surface area contributed by atoms with Crippen LogP contribution in [-0.4, -0.2) is 41.8 Å². The van der Waals surface area contributed by atoms with Gasteiger partial charge in [0, 0.05) is 23.6 Å². The highest BCUT2D eigenvalue weighted by molar-refractivity contribution is 9.10. The van der Waals surface area contributed by atoms with Crippen LogP contribution in [0.4, 0.5) is 19.7 Å². The number of rotatable bonds is 2. The predicted molar refractivity (Wildman–Crippen MR) is 97.1 cm³/mol. The number of alkyl carbamates (subject to hydrolysis) is 1. The number of carbonyl (C=O) groups is 2. The third kappa shape index (κ3) is 6.19. The zero-order chi connectivity index (χ0) is 18.6. The molecule has 0 radical (unpaired) electrons. The molecule has 0 aromatic heterocycles. The van der Waals surface area contributed by atoms with Crippen molar-refractivity contribution in [1.29, 1.82) is 0 Å². The topological polar surface area (TPSA) is 70.7 Å². The molecule has 0 aliphatic carbocycles. The number of nitrogens with zero attached hydrogens (tertiary/aromatic N) is 1. The second kappa shape index (κ2) is 8.03. The Morgan fingerprint density at radius 2 is 2.08 bits per heavy atom. The van der Waals surface area contributed by atoms with E-state index in [2.05, 4.69) is 26.6 Å². The van der Waals surface area contributed by atoms with Crippen LogP contribution in [0.3, 0.4) is 0 Å². The third-order valence-corrected chi connectivity index (χ3v) is 4.10. The molecule has 25 heavy (non-hydrogen) atoms. The number of likely N-dealkylation sites (tertiary alicyclic amines) is 1. The molecular weight excluding hydrogens is 393 g/mol. The van der Waals surface area contributed by atoms with Crippen LogP contribution in [-0.2, 0) is 4.74 Å². The van der Waals surface area contributed by atoms with Gasteiger partial charge >= 0.3 is 12.1 Å². The van der Waals surface area contributed by atoms with Crippen LogP contribution in [0.2, 0.25) is 0 Å². The van der Waals surface area contributed by atoms with Crippen LogP contribution in [0.25, 0.3) is 0 Å². The fourth-order valence-corrected chi connectivity index (χ4v) is 2.87. The number of hydrogen-bond donors (Lipinski definition) is 2. The minimum atomic E-state index is -0.574. The molecule has 2 N–H and O–H groups in total. The molecule has 1 heterocycles. The van der Waals surface area contributed by atoms with E-state index in [0.717, 1.165) is 12.8 Å². The highest BCUT2D eigenvalue weighted by atomic mass is 79.9. The van der Waals surface area contributed by atoms with Crippen molar-refractivity contribution in [2.24, 2.45) is 0 Å². The monoisotopic (exact) mass is 415 g/mol. The van der Waals surface area contributed by atoms with Crippen molar-refractivity contribution >= 4 is 33.7 Å². The van der Waals surface area contributed by atoms with E-state index in [1.807, 2.05) is 0 Å². The van der Waals surface area contributed by atoms with E-state index in [1.165, 1.54) is 12.1 Å². The molecule has 0 bridgehead atoms. The highest BCUT2D eigenvalue weighted by Crippen LogP contribution is 2.20. The maximum Gasteiger partial charge on any atom is 0.407 e. The van der Waals surface area contributed by atoms with Crippen molar-refractivity contribution in [3.8, 4) is 0 Å². The second-order valence-corrected chi connectivity index (χ2v) is 7.90. The number of amides is 3. The Balaban J connectivity index is 1.91. The number of benzene rings is 1. The molecule has 0 unspecified atom stereocenters. The highest BCUT2D eigenvalue weighted by Gasteiger charge is 2.27. The van der Waals surface area contributed by atoms with Crippen molar-refractivity contribution in [2.75, 3.05) is 18.4 Å². The predicted octanol–water partition coefficient (Wildman–Crippen LogP) is 4.11. The number of urea groups is 1. The van der Waals surface area contributed by atoms with Crippen LogP contribution in [0.5, 0.6) is 0 Å². The Morgan fingerprint density at radius 1 is 1.36 bits per heavy atom. The number of carbonyl (C=O) groups excluding carboxylic acids is 2. The molecule has 1 atom stereocenters. The smallest absolute Gasteiger partial charge is 0.407 e. The van der Waals surface area contributed by atoms with E-state index < -0.39 is 23.5 Å². The second-order valence-electron chi connectivity index (χ2n) is 6.99. The normalized spacial score (nSPS) is 17.8. The maximum atomic E-state index is 13.8. The van der Waals surface area contributed by atoms with Gasteiger partial charge in [0.25, 0.3) is 0 Å². The molecule has 8 heteroatoms. The number of nitrogens with one attached hydrogen (secondary N) is 2. The summed E-state index contributed by atoms with van der Waals surface area (Å²) in [5, 5.41) is 5.35. The van der Waals surface area contributed by atoms with E-state index in [9.17, 15) is 14.0 Å². The van der Waals surface area contributed by atoms with Crippen LogP contribution in [0.1, 0.15) is 33.6 Å². The number of ether oxygens (including phenoxy) is 1. The summed E-state index contributed by atoms with van der Waals surface area (Å²) in [5.74, 6) is -0.511. The molecule has 2 rings (SSSR count). The van der Waals surface area contributed by atoms with Gasteiger partial charge in [-0.1, -0.05) is 15.9 Å². The first-order chi connectivity index (χ1) is 11.6. The fraction of sp³-hybridized carbons (Fsp3) is 0.529. The van der Waals surface area contributed by atoms with Gasteiger partial charge in [0.15, 0.2) is 0 Å². The van der Waals surface area contributed by atoms with Crippen molar-refractivity contribution in [3.05, 3.63) is 28.5 Å². The van der Waals surface area contributed by atoms with E-state index in [4.69, 9.17) is 4.74 Å². The largest absolute Gasteiger partial charge is 0.444 e. The quantitative estimate of drug-likeness (QED) is 0.763. The lowest BCUT2D eigenvalue weighted by molar-refractivity contribution is 0.0480. The lowest BCUT2D eigenvalue weighted by Crippen LogP contribution is -2.51. The van der Waals surface area contributed by atoms with Gasteiger partial charge in [-0.05, 0) is 51.8 Å². The molecule has 0 spiro atoms. The Morgan fingerprint density at radius 3 is 2.72 bits per heavy atom. The van der Waals surface area contributed by atoms with Gasteiger partial charge in [0.05, 0.1) is 5.69 Å². The SMILES string of the molecule is CC(C)(C)OC(=O)N[C@H]1CCCN(C(=O)Nc2ccc(Br)cc2F)C1. The van der Waals surface area contributed by atoms with Gasteiger partial charge in [-0.15, -0.1) is 0 Å². The summed E-state index contributed by atoms with van der Waals surface area (Å²) in [5.41, 5.74) is -0.454. The van der Waals surface area contributed by atoms with Gasteiger partial charge in [0.2, 0.25) is 0 Å². The molecule has 0 saturated carbocycles. The first-order valence-electron chi connectivity index (χ1n) is 8.14. The maximum absolute atomic E-state index is 13.8. The summed E-state index contributed by atoms with van der Waals surface area (Å²) in [6, 6.07) is 3.86. The van der Waals surface area contributed by atoms with E-state index in [0.29, 0.717) is 17.6 Å². The molecule has 1 fully saturated rings. The zero-order valence-electron chi connectivity index (χ0n) is 14.6. The van der Waals surface area contributed by atoms with Crippen LogP contribution in [0, 0.1) is 5.82 Å². The van der Waals surface area contributed by atoms with Gasteiger partial charge in [0.1, 0.15) is 11.4 Å². The summed E-state index contributed by atoms with van der Waals surface area (Å²) in [6.45, 7) is 6.28. The molecule has 1 saturated heterocycles. The van der Waals surface area contributed by atoms with Crippen LogP contribution in [0.15, 0.2) is 22.7 Å². The molecule has 1 aliphatic heterocycles. The number of piperidine rings is 1. The lowest BCUT2D eigenvalue weighted by atomic mass is 10.1. The minimum Gasteiger partial charge on any atom is -0.444 e. The van der Waals surface area contributed by atoms with Gasteiger partial charge in [-0.25, -0.2) is 14.0 Å². The summed E-state index contributed by atoms with van der Waals surface area (Å²) in [7, 11) is 0. The van der Waals surface area contributed by atoms with E-state index >= 15 is 0 Å². The molecular formula is C17H23BrFN3O3. The van der Waals surface area contributed by atoms with Crippen molar-refractivity contribution < 1.29 is 18.7 Å². The summed E-state index contributed by atoms with van der Waals surface area (Å²) < 4.78 is 19.7. The Hall–Kier alpha value is -1.83. The van der Waals surface area contributed by atoms with E-state index in [-0.39, 0.29) is 11.7 Å². The number of halogens is 2. The average Bonchev–Trinajstić information content (AvgIpc) is 2.48. The molecule has 3 amide bonds. The Bertz CT molecular complexity index is 649. The standard InChI is InChI=1S/C17H23BrFN3O3/c1-17(2,3)25-16(24)20-12-5-4-8-22(10-12)15(23)21-14-7-6-11(18)9-13(14)19/h6-7,9,12H,4-5,8,10H2,1-3H3,(H,20,24)(H,21,23)/t12-/m0/s1. The minimum absolute atomic E-state index is 0.121. The first kappa shape index (κ1) is 19.5.